The highest BCUT2D eigenvalue weighted by Crippen LogP contribution is 2.39. The molecule has 34 heavy (non-hydrogen) atoms. The number of nitrogens with zero attached hydrogens (tertiary/aromatic N) is 3. The predicted octanol–water partition coefficient (Wildman–Crippen LogP) is 7.65. The lowest BCUT2D eigenvalue weighted by Crippen LogP contribution is -2.16. The van der Waals surface area contributed by atoms with E-state index in [0.29, 0.717) is 11.8 Å². The van der Waals surface area contributed by atoms with Crippen LogP contribution < -0.4 is 5.14 Å². The van der Waals surface area contributed by atoms with E-state index in [1.807, 2.05) is 0 Å². The highest BCUT2D eigenvalue weighted by Gasteiger charge is 2.27. The molecule has 2 aromatic heterocycles. The molecule has 0 amide bonds. The monoisotopic (exact) mass is 480 g/mol. The van der Waals surface area contributed by atoms with Crippen molar-refractivity contribution in [3.8, 4) is 22.7 Å². The maximum absolute atomic E-state index is 6.13. The molecule has 0 bridgehead atoms. The first-order chi connectivity index (χ1) is 16.0. The normalized spacial score (nSPS) is 15.8. The van der Waals surface area contributed by atoms with Gasteiger partial charge in [-0.2, -0.15) is 0 Å². The Morgan fingerprint density at radius 2 is 1.71 bits per heavy atom. The van der Waals surface area contributed by atoms with Crippen LogP contribution in [0.25, 0.3) is 22.7 Å². The third kappa shape index (κ3) is 5.13. The van der Waals surface area contributed by atoms with Crippen molar-refractivity contribution in [2.75, 3.05) is 0 Å². The second-order valence-electron chi connectivity index (χ2n) is 11.9. The van der Waals surface area contributed by atoms with Crippen LogP contribution in [0.1, 0.15) is 90.8 Å². The molecule has 0 atom stereocenters. The van der Waals surface area contributed by atoms with Crippen molar-refractivity contribution in [2.45, 2.75) is 103 Å². The number of rotatable bonds is 5. The molecule has 0 radical (unpaired) electrons. The molecular weight excluding hydrogens is 440 g/mol. The summed E-state index contributed by atoms with van der Waals surface area (Å²) in [4.78, 5) is 1.15. The van der Waals surface area contributed by atoms with Crippen molar-refractivity contribution in [2.24, 2.45) is 11.1 Å². The Balaban J connectivity index is 1.79. The summed E-state index contributed by atoms with van der Waals surface area (Å²) in [5.74, 6) is 1.99. The summed E-state index contributed by atoms with van der Waals surface area (Å²) in [5, 5.41) is 14.8. The lowest BCUT2D eigenvalue weighted by Gasteiger charge is -2.25. The van der Waals surface area contributed by atoms with Crippen molar-refractivity contribution in [3.63, 3.8) is 0 Å². The number of hydrogen-bond donors (Lipinski definition) is 1. The van der Waals surface area contributed by atoms with Crippen LogP contribution in [0.5, 0.6) is 0 Å². The zero-order chi connectivity index (χ0) is 24.7. The molecule has 0 aliphatic heterocycles. The summed E-state index contributed by atoms with van der Waals surface area (Å²) in [7, 11) is 0. The Labute approximate surface area is 209 Å². The molecule has 184 valence electrons. The number of nitrogens with two attached hydrogens (primary N) is 1. The fourth-order valence-corrected chi connectivity index (χ4v) is 5.45. The number of benzene rings is 1. The summed E-state index contributed by atoms with van der Waals surface area (Å²) < 4.78 is 8.63. The molecule has 5 nitrogen and oxygen atoms in total. The van der Waals surface area contributed by atoms with Gasteiger partial charge in [0.25, 0.3) is 0 Å². The molecule has 0 spiro atoms. The molecule has 0 unspecified atom stereocenters. The minimum absolute atomic E-state index is 0.0804. The molecule has 1 aliphatic carbocycles. The van der Waals surface area contributed by atoms with E-state index in [4.69, 9.17) is 9.56 Å². The SMILES string of the molecule is Cc1c(SN)cc(-c2ccc(-c3nnc(C(C)(C)C)o3)c(C(C)(C)C)c2)n1CC1CCCCC1. The van der Waals surface area contributed by atoms with Gasteiger partial charge in [0.2, 0.25) is 11.8 Å². The smallest absolute Gasteiger partial charge is 0.248 e. The topological polar surface area (TPSA) is 69.9 Å². The van der Waals surface area contributed by atoms with Crippen LogP contribution >= 0.6 is 11.9 Å². The molecule has 0 saturated heterocycles. The van der Waals surface area contributed by atoms with Crippen LogP contribution in [0.15, 0.2) is 33.6 Å². The van der Waals surface area contributed by atoms with E-state index in [9.17, 15) is 0 Å². The van der Waals surface area contributed by atoms with Crippen LogP contribution in [-0.2, 0) is 17.4 Å². The van der Waals surface area contributed by atoms with Crippen molar-refractivity contribution < 1.29 is 4.42 Å². The van der Waals surface area contributed by atoms with E-state index in [0.717, 1.165) is 22.9 Å². The molecule has 1 aromatic carbocycles. The maximum atomic E-state index is 6.13. The van der Waals surface area contributed by atoms with Gasteiger partial charge in [-0.1, -0.05) is 66.9 Å². The van der Waals surface area contributed by atoms with Gasteiger partial charge in [0.05, 0.1) is 0 Å². The lowest BCUT2D eigenvalue weighted by molar-refractivity contribution is 0.318. The summed E-state index contributed by atoms with van der Waals surface area (Å²) in [5.41, 5.74) is 5.68. The Morgan fingerprint density at radius 1 is 1.00 bits per heavy atom. The molecule has 6 heteroatoms. The van der Waals surface area contributed by atoms with Crippen molar-refractivity contribution in [3.05, 3.63) is 41.4 Å². The van der Waals surface area contributed by atoms with Gasteiger partial charge >= 0.3 is 0 Å². The molecule has 2 heterocycles. The van der Waals surface area contributed by atoms with E-state index in [-0.39, 0.29) is 10.8 Å². The largest absolute Gasteiger partial charge is 0.420 e. The average molecular weight is 481 g/mol. The molecule has 4 rings (SSSR count). The van der Waals surface area contributed by atoms with Crippen LogP contribution in [-0.4, -0.2) is 14.8 Å². The second-order valence-corrected chi connectivity index (χ2v) is 12.6. The average Bonchev–Trinajstić information content (AvgIpc) is 3.39. The molecular formula is C28H40N4OS. The van der Waals surface area contributed by atoms with Gasteiger partial charge in [-0.3, -0.25) is 5.14 Å². The van der Waals surface area contributed by atoms with Crippen LogP contribution in [0.3, 0.4) is 0 Å². The molecule has 2 N–H and O–H groups in total. The van der Waals surface area contributed by atoms with E-state index in [1.54, 1.807) is 0 Å². The Hall–Kier alpha value is -2.05. The third-order valence-electron chi connectivity index (χ3n) is 7.03. The van der Waals surface area contributed by atoms with E-state index < -0.39 is 0 Å². The van der Waals surface area contributed by atoms with E-state index >= 15 is 0 Å². The van der Waals surface area contributed by atoms with E-state index in [2.05, 4.69) is 87.5 Å². The first-order valence-electron chi connectivity index (χ1n) is 12.5. The molecule has 1 aliphatic rings. The second kappa shape index (κ2) is 9.54. The summed E-state index contributed by atoms with van der Waals surface area (Å²) >= 11 is 1.35. The number of hydrogen-bond acceptors (Lipinski definition) is 5. The van der Waals surface area contributed by atoms with Crippen LogP contribution in [0.4, 0.5) is 0 Å². The van der Waals surface area contributed by atoms with Gasteiger partial charge in [0.15, 0.2) is 0 Å². The molecule has 1 fully saturated rings. The van der Waals surface area contributed by atoms with Gasteiger partial charge < -0.3 is 8.98 Å². The first kappa shape index (κ1) is 25.1. The van der Waals surface area contributed by atoms with Gasteiger partial charge in [-0.05, 0) is 72.4 Å². The molecule has 3 aromatic rings. The van der Waals surface area contributed by atoms with Crippen molar-refractivity contribution in [1.82, 2.24) is 14.8 Å². The highest BCUT2D eigenvalue weighted by atomic mass is 32.2. The van der Waals surface area contributed by atoms with E-state index in [1.165, 1.54) is 66.6 Å². The zero-order valence-electron chi connectivity index (χ0n) is 21.9. The Kier molecular flexibility index (Phi) is 7.03. The fraction of sp³-hybridized carbons (Fsp3) is 0.571. The maximum Gasteiger partial charge on any atom is 0.248 e. The Morgan fingerprint density at radius 3 is 2.29 bits per heavy atom. The molecule has 1 saturated carbocycles. The van der Waals surface area contributed by atoms with Gasteiger partial charge in [-0.15, -0.1) is 10.2 Å². The standard InChI is InChI=1S/C28H40N4OS/c1-18-24(34-29)16-23(32(18)17-19-11-9-8-10-12-19)20-13-14-21(22(15-20)27(2,3)4)25-30-31-26(33-25)28(5,6)7/h13-16,19H,8-12,17,29H2,1-7H3. The predicted molar refractivity (Wildman–Crippen MR) is 142 cm³/mol. The van der Waals surface area contributed by atoms with Crippen molar-refractivity contribution in [1.29, 1.82) is 0 Å². The quantitative estimate of drug-likeness (QED) is 0.380. The minimum atomic E-state index is -0.180. The summed E-state index contributed by atoms with van der Waals surface area (Å²) in [6.07, 6.45) is 6.72. The lowest BCUT2D eigenvalue weighted by atomic mass is 9.82. The van der Waals surface area contributed by atoms with Gasteiger partial charge in [-0.25, -0.2) is 0 Å². The Bertz CT molecular complexity index is 1140. The van der Waals surface area contributed by atoms with Gasteiger partial charge in [0, 0.05) is 33.8 Å². The first-order valence-corrected chi connectivity index (χ1v) is 13.4. The van der Waals surface area contributed by atoms with Crippen molar-refractivity contribution >= 4 is 11.9 Å². The highest BCUT2D eigenvalue weighted by molar-refractivity contribution is 7.97. The fourth-order valence-electron chi connectivity index (χ4n) is 4.99. The van der Waals surface area contributed by atoms with Crippen LogP contribution in [0.2, 0.25) is 0 Å². The van der Waals surface area contributed by atoms with Gasteiger partial charge in [0.1, 0.15) is 0 Å². The summed E-state index contributed by atoms with van der Waals surface area (Å²) in [6, 6.07) is 8.92. The minimum Gasteiger partial charge on any atom is -0.420 e. The number of aromatic nitrogens is 3. The third-order valence-corrected chi connectivity index (χ3v) is 7.70. The summed E-state index contributed by atoms with van der Waals surface area (Å²) in [6.45, 7) is 16.3. The van der Waals surface area contributed by atoms with Crippen LogP contribution in [0, 0.1) is 12.8 Å². The zero-order valence-corrected chi connectivity index (χ0v) is 22.7.